The van der Waals surface area contributed by atoms with Crippen LogP contribution < -0.4 is 5.73 Å². The molecular weight excluding hydrogens is 267 g/mol. The van der Waals surface area contributed by atoms with Crippen molar-refractivity contribution in [2.24, 2.45) is 11.1 Å². The van der Waals surface area contributed by atoms with Gasteiger partial charge < -0.3 is 10.8 Å². The molecule has 3 N–H and O–H groups in total. The first-order valence-corrected chi connectivity index (χ1v) is 5.22. The summed E-state index contributed by atoms with van der Waals surface area (Å²) >= 11 is 0. The van der Waals surface area contributed by atoms with Crippen molar-refractivity contribution in [2.45, 2.75) is 26.1 Å². The van der Waals surface area contributed by atoms with Gasteiger partial charge in [-0.1, -0.05) is 26.0 Å². The number of rotatable bonds is 3. The molecule has 0 radical (unpaired) electrons. The van der Waals surface area contributed by atoms with Crippen molar-refractivity contribution in [1.29, 1.82) is 0 Å². The molecule has 2 nitrogen and oxygen atoms in total. The molecule has 0 aromatic heterocycles. The third-order valence-electron chi connectivity index (χ3n) is 2.85. The Kier molecular flexibility index (Phi) is 5.65. The van der Waals surface area contributed by atoms with E-state index in [0.29, 0.717) is 5.56 Å². The van der Waals surface area contributed by atoms with E-state index >= 15 is 0 Å². The maximum absolute atomic E-state index is 12.3. The molecule has 18 heavy (non-hydrogen) atoms. The Balaban J connectivity index is 0.00000289. The van der Waals surface area contributed by atoms with Crippen LogP contribution in [0.1, 0.15) is 31.0 Å². The number of hydrogen-bond donors (Lipinski definition) is 2. The molecule has 1 aromatic rings. The SMILES string of the molecule is CC(C)(CO)[C@H](N)c1ccc(C(F)(F)F)cc1.Cl. The molecule has 0 saturated carbocycles. The number of hydrogen-bond acceptors (Lipinski definition) is 2. The van der Waals surface area contributed by atoms with Crippen LogP contribution in [-0.4, -0.2) is 11.7 Å². The highest BCUT2D eigenvalue weighted by Crippen LogP contribution is 2.33. The van der Waals surface area contributed by atoms with E-state index < -0.39 is 23.2 Å². The Morgan fingerprint density at radius 3 is 1.94 bits per heavy atom. The molecule has 0 bridgehead atoms. The average Bonchev–Trinajstić information content (AvgIpc) is 2.27. The molecule has 0 saturated heterocycles. The number of aliphatic hydroxyl groups excluding tert-OH is 1. The molecule has 0 unspecified atom stereocenters. The summed E-state index contributed by atoms with van der Waals surface area (Å²) in [5.41, 5.74) is 5.21. The van der Waals surface area contributed by atoms with Crippen molar-refractivity contribution in [3.8, 4) is 0 Å². The predicted octanol–water partition coefficient (Wildman–Crippen LogP) is 3.15. The van der Waals surface area contributed by atoms with Crippen LogP contribution in [0.3, 0.4) is 0 Å². The van der Waals surface area contributed by atoms with Gasteiger partial charge in [0.05, 0.1) is 5.56 Å². The zero-order chi connectivity index (χ0) is 13.3. The van der Waals surface area contributed by atoms with Gasteiger partial charge in [-0.05, 0) is 17.7 Å². The fraction of sp³-hybridized carbons (Fsp3) is 0.500. The normalized spacial score (nSPS) is 13.9. The smallest absolute Gasteiger partial charge is 0.396 e. The van der Waals surface area contributed by atoms with Crippen LogP contribution in [0.5, 0.6) is 0 Å². The van der Waals surface area contributed by atoms with E-state index in [9.17, 15) is 13.2 Å². The number of aliphatic hydroxyl groups is 1. The second-order valence-electron chi connectivity index (χ2n) is 4.74. The molecule has 1 rings (SSSR count). The summed E-state index contributed by atoms with van der Waals surface area (Å²) in [7, 11) is 0. The first-order valence-electron chi connectivity index (χ1n) is 5.22. The summed E-state index contributed by atoms with van der Waals surface area (Å²) in [6.45, 7) is 3.39. The lowest BCUT2D eigenvalue weighted by Crippen LogP contribution is -2.32. The van der Waals surface area contributed by atoms with Gasteiger partial charge in [0, 0.05) is 18.1 Å². The highest BCUT2D eigenvalue weighted by atomic mass is 35.5. The van der Waals surface area contributed by atoms with Crippen LogP contribution in [0.15, 0.2) is 24.3 Å². The van der Waals surface area contributed by atoms with Crippen LogP contribution in [0, 0.1) is 5.41 Å². The summed E-state index contributed by atoms with van der Waals surface area (Å²) in [4.78, 5) is 0. The molecule has 104 valence electrons. The van der Waals surface area contributed by atoms with Crippen molar-refractivity contribution in [3.63, 3.8) is 0 Å². The summed E-state index contributed by atoms with van der Waals surface area (Å²) in [5, 5.41) is 9.15. The predicted molar refractivity (Wildman–Crippen MR) is 66.5 cm³/mol. The molecule has 6 heteroatoms. The monoisotopic (exact) mass is 283 g/mol. The van der Waals surface area contributed by atoms with E-state index in [-0.39, 0.29) is 19.0 Å². The van der Waals surface area contributed by atoms with Gasteiger partial charge in [0.25, 0.3) is 0 Å². The molecule has 0 fully saturated rings. The van der Waals surface area contributed by atoms with E-state index in [4.69, 9.17) is 10.8 Å². The van der Waals surface area contributed by atoms with Gasteiger partial charge in [-0.25, -0.2) is 0 Å². The first kappa shape index (κ1) is 17.2. The Bertz CT molecular complexity index is 376. The van der Waals surface area contributed by atoms with Crippen LogP contribution in [-0.2, 0) is 6.18 Å². The third kappa shape index (κ3) is 3.86. The third-order valence-corrected chi connectivity index (χ3v) is 2.85. The molecule has 0 aliphatic heterocycles. The molecule has 1 aromatic carbocycles. The minimum Gasteiger partial charge on any atom is -0.396 e. The van der Waals surface area contributed by atoms with Gasteiger partial charge in [-0.2, -0.15) is 13.2 Å². The number of alkyl halides is 3. The Morgan fingerprint density at radius 1 is 1.17 bits per heavy atom. The first-order chi connectivity index (χ1) is 7.68. The second-order valence-corrected chi connectivity index (χ2v) is 4.74. The van der Waals surface area contributed by atoms with E-state index in [1.807, 2.05) is 0 Å². The molecule has 0 amide bonds. The van der Waals surface area contributed by atoms with Gasteiger partial charge in [0.15, 0.2) is 0 Å². The van der Waals surface area contributed by atoms with Crippen molar-refractivity contribution in [2.75, 3.05) is 6.61 Å². The van der Waals surface area contributed by atoms with Gasteiger partial charge in [-0.3, -0.25) is 0 Å². The molecular formula is C12H17ClF3NO. The minimum absolute atomic E-state index is 0. The fourth-order valence-electron chi connectivity index (χ4n) is 1.43. The van der Waals surface area contributed by atoms with Crippen molar-refractivity contribution in [3.05, 3.63) is 35.4 Å². The number of benzene rings is 1. The summed E-state index contributed by atoms with van der Waals surface area (Å²) < 4.78 is 37.0. The lowest BCUT2D eigenvalue weighted by atomic mass is 9.81. The summed E-state index contributed by atoms with van der Waals surface area (Å²) in [6.07, 6.45) is -4.34. The number of halogens is 4. The zero-order valence-corrected chi connectivity index (χ0v) is 11.0. The van der Waals surface area contributed by atoms with Crippen LogP contribution in [0.4, 0.5) is 13.2 Å². The van der Waals surface area contributed by atoms with Gasteiger partial charge >= 0.3 is 6.18 Å². The van der Waals surface area contributed by atoms with Crippen LogP contribution in [0.25, 0.3) is 0 Å². The highest BCUT2D eigenvalue weighted by molar-refractivity contribution is 5.85. The molecule has 0 aliphatic carbocycles. The largest absolute Gasteiger partial charge is 0.416 e. The quantitative estimate of drug-likeness (QED) is 0.895. The summed E-state index contributed by atoms with van der Waals surface area (Å²) in [5.74, 6) is 0. The van der Waals surface area contributed by atoms with Gasteiger partial charge in [0.1, 0.15) is 0 Å². The summed E-state index contributed by atoms with van der Waals surface area (Å²) in [6, 6.07) is 4.20. The van der Waals surface area contributed by atoms with Gasteiger partial charge in [-0.15, -0.1) is 12.4 Å². The second kappa shape index (κ2) is 5.91. The van der Waals surface area contributed by atoms with Crippen molar-refractivity contribution < 1.29 is 18.3 Å². The fourth-order valence-corrected chi connectivity index (χ4v) is 1.43. The lowest BCUT2D eigenvalue weighted by molar-refractivity contribution is -0.137. The zero-order valence-electron chi connectivity index (χ0n) is 10.2. The topological polar surface area (TPSA) is 46.2 Å². The van der Waals surface area contributed by atoms with E-state index in [1.54, 1.807) is 13.8 Å². The van der Waals surface area contributed by atoms with Crippen molar-refractivity contribution in [1.82, 2.24) is 0 Å². The molecule has 0 heterocycles. The maximum Gasteiger partial charge on any atom is 0.416 e. The Hall–Kier alpha value is -0.780. The Labute approximate surface area is 110 Å². The van der Waals surface area contributed by atoms with Crippen LogP contribution >= 0.6 is 12.4 Å². The molecule has 1 atom stereocenters. The standard InChI is InChI=1S/C12H16F3NO.ClH/c1-11(2,7-17)10(16)8-3-5-9(6-4-8)12(13,14)15;/h3-6,10,17H,7,16H2,1-2H3;1H/t10-;/m1./s1. The van der Waals surface area contributed by atoms with Crippen LogP contribution in [0.2, 0.25) is 0 Å². The lowest BCUT2D eigenvalue weighted by Gasteiger charge is -2.29. The Morgan fingerprint density at radius 2 is 1.61 bits per heavy atom. The highest BCUT2D eigenvalue weighted by Gasteiger charge is 2.31. The van der Waals surface area contributed by atoms with E-state index in [2.05, 4.69) is 0 Å². The van der Waals surface area contributed by atoms with Gasteiger partial charge in [0.2, 0.25) is 0 Å². The maximum atomic E-state index is 12.3. The number of nitrogens with two attached hydrogens (primary N) is 1. The molecule has 0 aliphatic rings. The van der Waals surface area contributed by atoms with Crippen molar-refractivity contribution >= 4 is 12.4 Å². The van der Waals surface area contributed by atoms with E-state index in [0.717, 1.165) is 12.1 Å². The average molecular weight is 284 g/mol. The van der Waals surface area contributed by atoms with E-state index in [1.165, 1.54) is 12.1 Å². The minimum atomic E-state index is -4.34. The molecule has 0 spiro atoms.